The summed E-state index contributed by atoms with van der Waals surface area (Å²) < 4.78 is 0. The van der Waals surface area contributed by atoms with Crippen LogP contribution in [0.5, 0.6) is 0 Å². The molecular weight excluding hydrogens is 286 g/mol. The Labute approximate surface area is 127 Å². The first-order chi connectivity index (χ1) is 10.1. The van der Waals surface area contributed by atoms with E-state index in [1.165, 1.54) is 11.3 Å². The van der Waals surface area contributed by atoms with Crippen LogP contribution in [0.1, 0.15) is 23.0 Å². The lowest BCUT2D eigenvalue weighted by Gasteiger charge is -2.20. The van der Waals surface area contributed by atoms with E-state index in [0.717, 1.165) is 11.1 Å². The van der Waals surface area contributed by atoms with Crippen molar-refractivity contribution in [3.8, 4) is 11.1 Å². The molecule has 2 aromatic rings. The highest BCUT2D eigenvalue weighted by Gasteiger charge is 2.20. The van der Waals surface area contributed by atoms with E-state index in [-0.39, 0.29) is 18.9 Å². The number of rotatable bonds is 6. The molecule has 1 aromatic heterocycles. The molecule has 0 aliphatic rings. The normalized spacial score (nSPS) is 10.3. The summed E-state index contributed by atoms with van der Waals surface area (Å²) in [5.74, 6) is -0.997. The minimum absolute atomic E-state index is 0.0361. The number of benzene rings is 1. The van der Waals surface area contributed by atoms with Gasteiger partial charge >= 0.3 is 5.97 Å². The van der Waals surface area contributed by atoms with E-state index in [2.05, 4.69) is 0 Å². The summed E-state index contributed by atoms with van der Waals surface area (Å²) in [6, 6.07) is 11.7. The Morgan fingerprint density at radius 1 is 1.19 bits per heavy atom. The molecule has 0 fully saturated rings. The van der Waals surface area contributed by atoms with Crippen molar-refractivity contribution in [2.45, 2.75) is 13.3 Å². The minimum atomic E-state index is -0.893. The van der Waals surface area contributed by atoms with Crippen LogP contribution in [0.15, 0.2) is 41.8 Å². The zero-order valence-corrected chi connectivity index (χ0v) is 12.6. The molecule has 0 bridgehead atoms. The zero-order chi connectivity index (χ0) is 15.2. The van der Waals surface area contributed by atoms with Crippen LogP contribution >= 0.6 is 11.3 Å². The molecule has 1 amide bonds. The van der Waals surface area contributed by atoms with Crippen molar-refractivity contribution in [3.63, 3.8) is 0 Å². The molecule has 1 heterocycles. The van der Waals surface area contributed by atoms with Gasteiger partial charge in [0.1, 0.15) is 0 Å². The van der Waals surface area contributed by atoms with Gasteiger partial charge in [0.15, 0.2) is 0 Å². The van der Waals surface area contributed by atoms with Crippen LogP contribution in [-0.2, 0) is 4.79 Å². The maximum absolute atomic E-state index is 12.6. The summed E-state index contributed by atoms with van der Waals surface area (Å²) in [5, 5.41) is 10.7. The third-order valence-corrected chi connectivity index (χ3v) is 4.11. The lowest BCUT2D eigenvalue weighted by Crippen LogP contribution is -2.32. The Kier molecular flexibility index (Phi) is 5.11. The molecular formula is C16H17NO3S. The molecule has 0 radical (unpaired) electrons. The lowest BCUT2D eigenvalue weighted by molar-refractivity contribution is -0.137. The fraction of sp³-hybridized carbons (Fsp3) is 0.250. The highest BCUT2D eigenvalue weighted by molar-refractivity contribution is 7.12. The molecule has 1 N–H and O–H groups in total. The second-order valence-electron chi connectivity index (χ2n) is 4.56. The van der Waals surface area contributed by atoms with Gasteiger partial charge in [0, 0.05) is 18.7 Å². The average Bonchev–Trinajstić information content (AvgIpc) is 2.97. The molecule has 0 aliphatic carbocycles. The predicted molar refractivity (Wildman–Crippen MR) is 83.6 cm³/mol. The number of thiophene rings is 1. The minimum Gasteiger partial charge on any atom is -0.481 e. The standard InChI is InChI=1S/C16H17NO3S/c1-2-17(10-8-14(18)19)16(20)15-13(9-11-21-15)12-6-4-3-5-7-12/h3-7,9,11H,2,8,10H2,1H3,(H,18,19). The monoisotopic (exact) mass is 303 g/mol. The number of aliphatic carboxylic acids is 1. The molecule has 0 unspecified atom stereocenters. The second kappa shape index (κ2) is 7.04. The molecule has 21 heavy (non-hydrogen) atoms. The SMILES string of the molecule is CCN(CCC(=O)O)C(=O)c1sccc1-c1ccccc1. The molecule has 5 heteroatoms. The van der Waals surface area contributed by atoms with Gasteiger partial charge in [0.2, 0.25) is 0 Å². The van der Waals surface area contributed by atoms with Gasteiger partial charge in [-0.15, -0.1) is 11.3 Å². The molecule has 0 spiro atoms. The van der Waals surface area contributed by atoms with Gasteiger partial charge in [-0.2, -0.15) is 0 Å². The Morgan fingerprint density at radius 3 is 2.52 bits per heavy atom. The molecule has 0 saturated heterocycles. The van der Waals surface area contributed by atoms with Gasteiger partial charge < -0.3 is 10.0 Å². The molecule has 0 atom stereocenters. The van der Waals surface area contributed by atoms with Gasteiger partial charge in [0.05, 0.1) is 11.3 Å². The Hall–Kier alpha value is -2.14. The Morgan fingerprint density at radius 2 is 1.90 bits per heavy atom. The lowest BCUT2D eigenvalue weighted by atomic mass is 10.1. The number of hydrogen-bond donors (Lipinski definition) is 1. The summed E-state index contributed by atoms with van der Waals surface area (Å²) in [6.07, 6.45) is -0.0361. The maximum Gasteiger partial charge on any atom is 0.305 e. The van der Waals surface area contributed by atoms with Gasteiger partial charge in [-0.25, -0.2) is 0 Å². The Balaban J connectivity index is 2.23. The maximum atomic E-state index is 12.6. The largest absolute Gasteiger partial charge is 0.481 e. The fourth-order valence-corrected chi connectivity index (χ4v) is 2.98. The first-order valence-electron chi connectivity index (χ1n) is 6.77. The highest BCUT2D eigenvalue weighted by atomic mass is 32.1. The van der Waals surface area contributed by atoms with Crippen molar-refractivity contribution in [1.82, 2.24) is 4.90 Å². The van der Waals surface area contributed by atoms with Crippen molar-refractivity contribution in [3.05, 3.63) is 46.7 Å². The predicted octanol–water partition coefficient (Wildman–Crippen LogP) is 3.35. The van der Waals surface area contributed by atoms with Gasteiger partial charge in [-0.1, -0.05) is 30.3 Å². The molecule has 0 saturated carbocycles. The van der Waals surface area contributed by atoms with Crippen molar-refractivity contribution in [2.24, 2.45) is 0 Å². The third-order valence-electron chi connectivity index (χ3n) is 3.21. The summed E-state index contributed by atoms with van der Waals surface area (Å²) in [4.78, 5) is 25.5. The van der Waals surface area contributed by atoms with Crippen LogP contribution in [0.4, 0.5) is 0 Å². The van der Waals surface area contributed by atoms with Crippen molar-refractivity contribution >= 4 is 23.2 Å². The highest BCUT2D eigenvalue weighted by Crippen LogP contribution is 2.29. The number of carbonyl (C=O) groups is 2. The first kappa shape index (κ1) is 15.3. The smallest absolute Gasteiger partial charge is 0.305 e. The van der Waals surface area contributed by atoms with Crippen molar-refractivity contribution in [2.75, 3.05) is 13.1 Å². The van der Waals surface area contributed by atoms with Gasteiger partial charge in [-0.3, -0.25) is 9.59 Å². The van der Waals surface area contributed by atoms with E-state index >= 15 is 0 Å². The number of carboxylic acids is 1. The second-order valence-corrected chi connectivity index (χ2v) is 5.47. The van der Waals surface area contributed by atoms with Crippen LogP contribution < -0.4 is 0 Å². The average molecular weight is 303 g/mol. The number of carboxylic acid groups (broad SMARTS) is 1. The van der Waals surface area contributed by atoms with E-state index in [1.54, 1.807) is 4.90 Å². The number of amides is 1. The Bertz CT molecular complexity index is 621. The van der Waals surface area contributed by atoms with Crippen molar-refractivity contribution < 1.29 is 14.7 Å². The zero-order valence-electron chi connectivity index (χ0n) is 11.8. The summed E-state index contributed by atoms with van der Waals surface area (Å²) in [5.41, 5.74) is 1.90. The van der Waals surface area contributed by atoms with E-state index in [0.29, 0.717) is 11.4 Å². The first-order valence-corrected chi connectivity index (χ1v) is 7.65. The van der Waals surface area contributed by atoms with Crippen LogP contribution in [0, 0.1) is 0 Å². The third kappa shape index (κ3) is 3.70. The van der Waals surface area contributed by atoms with E-state index in [9.17, 15) is 9.59 Å². The van der Waals surface area contributed by atoms with Crippen LogP contribution in [0.2, 0.25) is 0 Å². The molecule has 4 nitrogen and oxygen atoms in total. The summed E-state index contributed by atoms with van der Waals surface area (Å²) in [7, 11) is 0. The van der Waals surface area contributed by atoms with Crippen molar-refractivity contribution in [1.29, 1.82) is 0 Å². The molecule has 1 aromatic carbocycles. The van der Waals surface area contributed by atoms with E-state index < -0.39 is 5.97 Å². The quantitative estimate of drug-likeness (QED) is 0.890. The van der Waals surface area contributed by atoms with Crippen LogP contribution in [0.3, 0.4) is 0 Å². The molecule has 110 valence electrons. The number of nitrogens with zero attached hydrogens (tertiary/aromatic N) is 1. The van der Waals surface area contributed by atoms with Gasteiger partial charge in [0.25, 0.3) is 5.91 Å². The van der Waals surface area contributed by atoms with Crippen LogP contribution in [-0.4, -0.2) is 35.0 Å². The van der Waals surface area contributed by atoms with E-state index in [1.807, 2.05) is 48.7 Å². The van der Waals surface area contributed by atoms with E-state index in [4.69, 9.17) is 5.11 Å². The molecule has 2 rings (SSSR count). The molecule has 0 aliphatic heterocycles. The van der Waals surface area contributed by atoms with Gasteiger partial charge in [-0.05, 0) is 23.9 Å². The number of carbonyl (C=O) groups excluding carboxylic acids is 1. The number of hydrogen-bond acceptors (Lipinski definition) is 3. The van der Waals surface area contributed by atoms with Crippen LogP contribution in [0.25, 0.3) is 11.1 Å². The summed E-state index contributed by atoms with van der Waals surface area (Å²) in [6.45, 7) is 2.59. The topological polar surface area (TPSA) is 57.6 Å². The summed E-state index contributed by atoms with van der Waals surface area (Å²) >= 11 is 1.39. The fourth-order valence-electron chi connectivity index (χ4n) is 2.10.